The lowest BCUT2D eigenvalue weighted by molar-refractivity contribution is 0.340. The minimum absolute atomic E-state index is 0.516. The summed E-state index contributed by atoms with van der Waals surface area (Å²) in [6.07, 6.45) is 1.57. The summed E-state index contributed by atoms with van der Waals surface area (Å²) in [5, 5.41) is 1.91. The van der Waals surface area contributed by atoms with Gasteiger partial charge in [-0.1, -0.05) is 11.6 Å². The predicted molar refractivity (Wildman–Crippen MR) is 85.0 cm³/mol. The topological polar surface area (TPSA) is 76.8 Å². The van der Waals surface area contributed by atoms with Crippen molar-refractivity contribution < 1.29 is 4.74 Å². The average Bonchev–Trinajstić information content (AvgIpc) is 2.84. The van der Waals surface area contributed by atoms with Crippen LogP contribution in [-0.4, -0.2) is 21.6 Å². The highest BCUT2D eigenvalue weighted by Gasteiger charge is 2.09. The van der Waals surface area contributed by atoms with Crippen LogP contribution in [0.4, 0.5) is 5.69 Å². The van der Waals surface area contributed by atoms with Crippen LogP contribution in [0.15, 0.2) is 40.6 Å². The van der Waals surface area contributed by atoms with E-state index in [1.54, 1.807) is 12.3 Å². The minimum Gasteiger partial charge on any atom is -0.494 e. The number of fused-ring (bicyclic) bond motifs is 1. The van der Waals surface area contributed by atoms with Crippen LogP contribution in [0.25, 0.3) is 11.0 Å². The summed E-state index contributed by atoms with van der Waals surface area (Å²) in [5.41, 5.74) is 8.21. The molecule has 21 heavy (non-hydrogen) atoms. The van der Waals surface area contributed by atoms with Crippen LogP contribution in [-0.2, 0) is 0 Å². The minimum atomic E-state index is 0.516. The number of H-pyrrole nitrogens is 1. The normalized spacial score (nSPS) is 11.0. The zero-order valence-electron chi connectivity index (χ0n) is 11.3. The summed E-state index contributed by atoms with van der Waals surface area (Å²) in [4.78, 5) is 11.9. The fraction of sp³-hybridized carbons (Fsp3) is 0.143. The van der Waals surface area contributed by atoms with E-state index < -0.39 is 0 Å². The maximum atomic E-state index is 5.90. The second kappa shape index (κ2) is 5.83. The Kier molecular flexibility index (Phi) is 3.90. The average molecular weight is 321 g/mol. The van der Waals surface area contributed by atoms with Gasteiger partial charge in [0.2, 0.25) is 0 Å². The predicted octanol–water partition coefficient (Wildman–Crippen LogP) is 3.74. The molecule has 0 unspecified atom stereocenters. The number of ether oxygens (including phenoxy) is 1. The van der Waals surface area contributed by atoms with Crippen LogP contribution in [0, 0.1) is 0 Å². The van der Waals surface area contributed by atoms with Crippen LogP contribution in [0.1, 0.15) is 6.92 Å². The van der Waals surface area contributed by atoms with Crippen LogP contribution >= 0.6 is 23.4 Å². The molecule has 0 radical (unpaired) electrons. The van der Waals surface area contributed by atoms with Crippen LogP contribution in [0.2, 0.25) is 5.02 Å². The number of hydrogen-bond acceptors (Lipinski definition) is 5. The molecule has 3 aromatic rings. The van der Waals surface area contributed by atoms with E-state index in [2.05, 4.69) is 15.0 Å². The summed E-state index contributed by atoms with van der Waals surface area (Å²) in [7, 11) is 0. The Labute approximate surface area is 130 Å². The Hall–Kier alpha value is -1.92. The molecule has 0 bridgehead atoms. The summed E-state index contributed by atoms with van der Waals surface area (Å²) < 4.78 is 5.47. The molecule has 2 heterocycles. The lowest BCUT2D eigenvalue weighted by Gasteiger charge is -2.01. The molecule has 0 atom stereocenters. The van der Waals surface area contributed by atoms with Gasteiger partial charge in [-0.15, -0.1) is 0 Å². The van der Waals surface area contributed by atoms with E-state index in [1.807, 2.05) is 25.1 Å². The van der Waals surface area contributed by atoms with Gasteiger partial charge in [-0.05, 0) is 36.9 Å². The zero-order chi connectivity index (χ0) is 14.8. The van der Waals surface area contributed by atoms with E-state index in [1.165, 1.54) is 11.8 Å². The maximum Gasteiger partial charge on any atom is 0.172 e. The quantitative estimate of drug-likeness (QED) is 0.765. The molecule has 0 aliphatic carbocycles. The second-order valence-electron chi connectivity index (χ2n) is 4.30. The molecule has 5 nitrogen and oxygen atoms in total. The maximum absolute atomic E-state index is 5.90. The summed E-state index contributed by atoms with van der Waals surface area (Å²) in [6, 6.07) is 7.41. The summed E-state index contributed by atoms with van der Waals surface area (Å²) in [5.74, 6) is 0.814. The molecular formula is C14H13ClN4OS. The van der Waals surface area contributed by atoms with Crippen molar-refractivity contribution in [2.24, 2.45) is 0 Å². The fourth-order valence-electron chi connectivity index (χ4n) is 1.89. The van der Waals surface area contributed by atoms with E-state index in [9.17, 15) is 0 Å². The number of nitrogens with two attached hydrogens (primary N) is 1. The third-order valence-electron chi connectivity index (χ3n) is 2.78. The van der Waals surface area contributed by atoms with Gasteiger partial charge in [-0.25, -0.2) is 9.97 Å². The molecule has 0 aliphatic heterocycles. The lowest BCUT2D eigenvalue weighted by Crippen LogP contribution is -1.91. The second-order valence-corrected chi connectivity index (χ2v) is 5.72. The van der Waals surface area contributed by atoms with E-state index >= 15 is 0 Å². The standard InChI is InChI=1S/C14H13ClN4OS/c1-2-20-9-3-4-11-12(6-9)19-14(18-11)21-13-10(16)5-8(15)7-17-13/h3-7H,2,16H2,1H3,(H,18,19). The molecule has 1 aromatic carbocycles. The number of rotatable bonds is 4. The van der Waals surface area contributed by atoms with Gasteiger partial charge >= 0.3 is 0 Å². The first-order valence-electron chi connectivity index (χ1n) is 6.37. The molecular weight excluding hydrogens is 308 g/mol. The summed E-state index contributed by atoms with van der Waals surface area (Å²) >= 11 is 7.21. The summed E-state index contributed by atoms with van der Waals surface area (Å²) in [6.45, 7) is 2.58. The number of aromatic nitrogens is 3. The fourth-order valence-corrected chi connectivity index (χ4v) is 2.83. The Morgan fingerprint density at radius 2 is 2.24 bits per heavy atom. The van der Waals surface area contributed by atoms with Gasteiger partial charge < -0.3 is 15.5 Å². The number of pyridine rings is 1. The molecule has 108 valence electrons. The number of imidazole rings is 1. The highest BCUT2D eigenvalue weighted by molar-refractivity contribution is 7.99. The Bertz CT molecular complexity index is 790. The van der Waals surface area contributed by atoms with Crippen LogP contribution in [0.5, 0.6) is 5.75 Å². The number of hydrogen-bond donors (Lipinski definition) is 2. The largest absolute Gasteiger partial charge is 0.494 e. The van der Waals surface area contributed by atoms with Crippen molar-refractivity contribution in [2.45, 2.75) is 17.1 Å². The molecule has 0 saturated carbocycles. The van der Waals surface area contributed by atoms with Crippen molar-refractivity contribution in [2.75, 3.05) is 12.3 Å². The van der Waals surface area contributed by atoms with Crippen molar-refractivity contribution in [3.63, 3.8) is 0 Å². The highest BCUT2D eigenvalue weighted by Crippen LogP contribution is 2.31. The number of halogens is 1. The van der Waals surface area contributed by atoms with E-state index in [-0.39, 0.29) is 0 Å². The number of anilines is 1. The Morgan fingerprint density at radius 3 is 3.00 bits per heavy atom. The van der Waals surface area contributed by atoms with Gasteiger partial charge in [-0.3, -0.25) is 0 Å². The van der Waals surface area contributed by atoms with Crippen molar-refractivity contribution in [3.8, 4) is 5.75 Å². The Balaban J connectivity index is 1.90. The first-order chi connectivity index (χ1) is 10.2. The van der Waals surface area contributed by atoms with Gasteiger partial charge in [0.05, 0.1) is 28.4 Å². The number of nitrogen functional groups attached to an aromatic ring is 1. The zero-order valence-corrected chi connectivity index (χ0v) is 12.8. The first-order valence-corrected chi connectivity index (χ1v) is 7.56. The van der Waals surface area contributed by atoms with Gasteiger partial charge in [0.15, 0.2) is 5.16 Å². The van der Waals surface area contributed by atoms with Crippen molar-refractivity contribution in [3.05, 3.63) is 35.5 Å². The van der Waals surface area contributed by atoms with Crippen molar-refractivity contribution >= 4 is 40.1 Å². The SMILES string of the molecule is CCOc1ccc2nc(Sc3ncc(Cl)cc3N)[nH]c2c1. The molecule has 0 amide bonds. The van der Waals surface area contributed by atoms with Gasteiger partial charge in [0, 0.05) is 12.3 Å². The van der Waals surface area contributed by atoms with E-state index in [0.29, 0.717) is 22.3 Å². The number of aromatic amines is 1. The molecule has 0 aliphatic rings. The molecule has 0 spiro atoms. The molecule has 2 aromatic heterocycles. The molecule has 7 heteroatoms. The molecule has 0 fully saturated rings. The Morgan fingerprint density at radius 1 is 1.38 bits per heavy atom. The monoisotopic (exact) mass is 320 g/mol. The van der Waals surface area contributed by atoms with Crippen molar-refractivity contribution in [1.29, 1.82) is 0 Å². The van der Waals surface area contributed by atoms with Crippen LogP contribution < -0.4 is 10.5 Å². The van der Waals surface area contributed by atoms with Gasteiger partial charge in [-0.2, -0.15) is 0 Å². The lowest BCUT2D eigenvalue weighted by atomic mass is 10.3. The van der Waals surface area contributed by atoms with E-state index in [0.717, 1.165) is 21.9 Å². The smallest absolute Gasteiger partial charge is 0.172 e. The van der Waals surface area contributed by atoms with Crippen LogP contribution in [0.3, 0.4) is 0 Å². The number of benzene rings is 1. The third-order valence-corrected chi connectivity index (χ3v) is 3.91. The van der Waals surface area contributed by atoms with Gasteiger partial charge in [0.1, 0.15) is 10.8 Å². The molecule has 0 saturated heterocycles. The molecule has 3 rings (SSSR count). The van der Waals surface area contributed by atoms with Crippen molar-refractivity contribution in [1.82, 2.24) is 15.0 Å². The number of nitrogens with one attached hydrogen (secondary N) is 1. The third kappa shape index (κ3) is 3.06. The molecule has 3 N–H and O–H groups in total. The van der Waals surface area contributed by atoms with E-state index in [4.69, 9.17) is 22.1 Å². The highest BCUT2D eigenvalue weighted by atomic mass is 35.5. The van der Waals surface area contributed by atoms with Gasteiger partial charge in [0.25, 0.3) is 0 Å². The first kappa shape index (κ1) is 14.0. The number of nitrogens with zero attached hydrogens (tertiary/aromatic N) is 2.